The maximum atomic E-state index is 12.8. The van der Waals surface area contributed by atoms with Crippen molar-refractivity contribution in [3.05, 3.63) is 47.2 Å². The fourth-order valence-electron chi connectivity index (χ4n) is 3.45. The molecule has 1 aromatic heterocycles. The van der Waals surface area contributed by atoms with Crippen molar-refractivity contribution in [1.29, 1.82) is 0 Å². The fourth-order valence-corrected chi connectivity index (χ4v) is 3.45. The molecule has 3 rings (SSSR count). The molecule has 1 amide bonds. The average molecular weight is 411 g/mol. The lowest BCUT2D eigenvalue weighted by molar-refractivity contribution is -0.137. The molecule has 1 heterocycles. The average Bonchev–Trinajstić information content (AvgIpc) is 3.12. The molecule has 0 spiro atoms. The smallest absolute Gasteiger partial charge is 0.416 e. The summed E-state index contributed by atoms with van der Waals surface area (Å²) in [7, 11) is 0. The van der Waals surface area contributed by atoms with Gasteiger partial charge in [-0.2, -0.15) is 13.2 Å². The highest BCUT2D eigenvalue weighted by Gasteiger charge is 2.31. The van der Waals surface area contributed by atoms with Crippen molar-refractivity contribution in [3.8, 4) is 0 Å². The first-order chi connectivity index (χ1) is 13.7. The number of carbonyl (C=O) groups is 1. The topological polar surface area (TPSA) is 88.2 Å². The van der Waals surface area contributed by atoms with Crippen LogP contribution in [0.1, 0.15) is 61.4 Å². The maximum absolute atomic E-state index is 12.8. The van der Waals surface area contributed by atoms with Crippen LogP contribution in [0.15, 0.2) is 28.7 Å². The molecule has 2 aromatic rings. The molecular formula is C20H24F3N3O3. The van der Waals surface area contributed by atoms with E-state index in [1.54, 1.807) is 6.07 Å². The van der Waals surface area contributed by atoms with Crippen LogP contribution < -0.4 is 5.32 Å². The van der Waals surface area contributed by atoms with Gasteiger partial charge in [0, 0.05) is 19.4 Å². The predicted octanol–water partition coefficient (Wildman–Crippen LogP) is 3.42. The van der Waals surface area contributed by atoms with Crippen molar-refractivity contribution in [2.75, 3.05) is 6.54 Å². The zero-order valence-corrected chi connectivity index (χ0v) is 16.0. The van der Waals surface area contributed by atoms with Crippen molar-refractivity contribution in [3.63, 3.8) is 0 Å². The van der Waals surface area contributed by atoms with Crippen LogP contribution in [0.3, 0.4) is 0 Å². The summed E-state index contributed by atoms with van der Waals surface area (Å²) in [6.45, 7) is 0.233. The fraction of sp³-hybridized carbons (Fsp3) is 0.550. The van der Waals surface area contributed by atoms with E-state index < -0.39 is 17.3 Å². The molecule has 29 heavy (non-hydrogen) atoms. The lowest BCUT2D eigenvalue weighted by atomic mass is 9.85. The van der Waals surface area contributed by atoms with E-state index in [1.807, 2.05) is 0 Å². The SMILES string of the molecule is O=C(CCc1nnc(Cc2cccc(C(F)(F)F)c2)o1)NCC1(O)CCCCC1. The molecule has 1 aromatic carbocycles. The second kappa shape index (κ2) is 8.94. The molecule has 0 unspecified atom stereocenters. The number of nitrogens with zero attached hydrogens (tertiary/aromatic N) is 2. The standard InChI is InChI=1S/C20H24F3N3O3/c21-20(22,23)15-6-4-5-14(11-15)12-18-26-25-17(29-18)8-7-16(27)24-13-19(28)9-2-1-3-10-19/h4-6,11,28H,1-3,7-10,12-13H2,(H,24,27). The lowest BCUT2D eigenvalue weighted by Crippen LogP contribution is -2.44. The molecule has 1 aliphatic carbocycles. The highest BCUT2D eigenvalue weighted by molar-refractivity contribution is 5.76. The largest absolute Gasteiger partial charge is 0.425 e. The summed E-state index contributed by atoms with van der Waals surface area (Å²) in [6.07, 6.45) is 0.430. The first-order valence-electron chi connectivity index (χ1n) is 9.70. The Kier molecular flexibility index (Phi) is 6.56. The Hall–Kier alpha value is -2.42. The van der Waals surface area contributed by atoms with Crippen LogP contribution in [-0.2, 0) is 23.8 Å². The number of benzene rings is 1. The van der Waals surface area contributed by atoms with Gasteiger partial charge in [-0.25, -0.2) is 0 Å². The summed E-state index contributed by atoms with van der Waals surface area (Å²) in [5.74, 6) is 0.219. The van der Waals surface area contributed by atoms with Crippen LogP contribution in [0.2, 0.25) is 0 Å². The molecule has 0 radical (unpaired) electrons. The van der Waals surface area contributed by atoms with Crippen LogP contribution in [0.5, 0.6) is 0 Å². The number of alkyl halides is 3. The molecule has 1 aliphatic rings. The van der Waals surface area contributed by atoms with Crippen molar-refractivity contribution in [1.82, 2.24) is 15.5 Å². The number of hydrogen-bond donors (Lipinski definition) is 2. The number of aryl methyl sites for hydroxylation is 1. The van der Waals surface area contributed by atoms with Crippen molar-refractivity contribution >= 4 is 5.91 Å². The van der Waals surface area contributed by atoms with E-state index in [0.717, 1.165) is 31.4 Å². The van der Waals surface area contributed by atoms with Crippen LogP contribution in [0.4, 0.5) is 13.2 Å². The Morgan fingerprint density at radius 1 is 1.17 bits per heavy atom. The lowest BCUT2D eigenvalue weighted by Gasteiger charge is -2.32. The Bertz CT molecular complexity index is 830. The van der Waals surface area contributed by atoms with Gasteiger partial charge in [0.2, 0.25) is 17.7 Å². The Balaban J connectivity index is 1.47. The third-order valence-electron chi connectivity index (χ3n) is 5.08. The van der Waals surface area contributed by atoms with E-state index >= 15 is 0 Å². The number of aliphatic hydroxyl groups is 1. The monoisotopic (exact) mass is 411 g/mol. The maximum Gasteiger partial charge on any atom is 0.416 e. The molecule has 9 heteroatoms. The highest BCUT2D eigenvalue weighted by Crippen LogP contribution is 2.30. The van der Waals surface area contributed by atoms with Crippen molar-refractivity contribution in [2.45, 2.75) is 63.1 Å². The normalized spacial score (nSPS) is 16.6. The summed E-state index contributed by atoms with van der Waals surface area (Å²) in [5.41, 5.74) is -1.14. The van der Waals surface area contributed by atoms with E-state index in [1.165, 1.54) is 6.07 Å². The summed E-state index contributed by atoms with van der Waals surface area (Å²) in [5, 5.41) is 20.8. The number of aromatic nitrogens is 2. The predicted molar refractivity (Wildman–Crippen MR) is 97.9 cm³/mol. The van der Waals surface area contributed by atoms with Crippen LogP contribution in [0.25, 0.3) is 0 Å². The van der Waals surface area contributed by atoms with E-state index in [-0.39, 0.29) is 43.5 Å². The summed E-state index contributed by atoms with van der Waals surface area (Å²) in [6, 6.07) is 4.95. The minimum Gasteiger partial charge on any atom is -0.425 e. The molecule has 1 fully saturated rings. The van der Waals surface area contributed by atoms with Gasteiger partial charge in [0.15, 0.2) is 0 Å². The number of amides is 1. The van der Waals surface area contributed by atoms with Gasteiger partial charge in [0.25, 0.3) is 0 Å². The molecule has 0 bridgehead atoms. The first-order valence-corrected chi connectivity index (χ1v) is 9.70. The van der Waals surface area contributed by atoms with E-state index in [9.17, 15) is 23.1 Å². The van der Waals surface area contributed by atoms with Gasteiger partial charge >= 0.3 is 6.18 Å². The van der Waals surface area contributed by atoms with Gasteiger partial charge < -0.3 is 14.8 Å². The minimum atomic E-state index is -4.41. The number of carbonyl (C=O) groups excluding carboxylic acids is 1. The molecule has 2 N–H and O–H groups in total. The van der Waals surface area contributed by atoms with Gasteiger partial charge in [0.1, 0.15) is 0 Å². The molecule has 158 valence electrons. The second-order valence-corrected chi connectivity index (χ2v) is 7.53. The van der Waals surface area contributed by atoms with Gasteiger partial charge in [-0.05, 0) is 24.5 Å². The van der Waals surface area contributed by atoms with Crippen molar-refractivity contribution in [2.24, 2.45) is 0 Å². The summed E-state index contributed by atoms with van der Waals surface area (Å²) in [4.78, 5) is 12.0. The summed E-state index contributed by atoms with van der Waals surface area (Å²) >= 11 is 0. The van der Waals surface area contributed by atoms with E-state index in [0.29, 0.717) is 18.4 Å². The molecule has 0 aliphatic heterocycles. The number of rotatable bonds is 7. The summed E-state index contributed by atoms with van der Waals surface area (Å²) < 4.78 is 43.8. The molecule has 0 saturated heterocycles. The minimum absolute atomic E-state index is 0.0795. The molecule has 0 atom stereocenters. The Morgan fingerprint density at radius 3 is 2.62 bits per heavy atom. The van der Waals surface area contributed by atoms with Gasteiger partial charge in [-0.1, -0.05) is 37.5 Å². The van der Waals surface area contributed by atoms with Crippen molar-refractivity contribution < 1.29 is 27.5 Å². The molecule has 6 nitrogen and oxygen atoms in total. The highest BCUT2D eigenvalue weighted by atomic mass is 19.4. The van der Waals surface area contributed by atoms with E-state index in [2.05, 4.69) is 15.5 Å². The quantitative estimate of drug-likeness (QED) is 0.729. The third kappa shape index (κ3) is 6.28. The Labute approximate surface area is 166 Å². The zero-order chi connectivity index (χ0) is 20.9. The second-order valence-electron chi connectivity index (χ2n) is 7.53. The number of hydrogen-bond acceptors (Lipinski definition) is 5. The zero-order valence-electron chi connectivity index (χ0n) is 16.0. The van der Waals surface area contributed by atoms with Crippen LogP contribution >= 0.6 is 0 Å². The van der Waals surface area contributed by atoms with Gasteiger partial charge in [-0.3, -0.25) is 4.79 Å². The Morgan fingerprint density at radius 2 is 1.90 bits per heavy atom. The van der Waals surface area contributed by atoms with E-state index in [4.69, 9.17) is 4.42 Å². The molecular weight excluding hydrogens is 387 g/mol. The van der Waals surface area contributed by atoms with Gasteiger partial charge in [-0.15, -0.1) is 10.2 Å². The first kappa shape index (κ1) is 21.3. The number of nitrogens with one attached hydrogen (secondary N) is 1. The van der Waals surface area contributed by atoms with Crippen LogP contribution in [-0.4, -0.2) is 33.4 Å². The van der Waals surface area contributed by atoms with Gasteiger partial charge in [0.05, 0.1) is 17.6 Å². The van der Waals surface area contributed by atoms with Crippen LogP contribution in [0, 0.1) is 0 Å². The number of halogens is 3. The molecule has 1 saturated carbocycles. The third-order valence-corrected chi connectivity index (χ3v) is 5.08.